The molecule has 1 rings (SSSR count). The molecule has 0 aliphatic rings. The van der Waals surface area contributed by atoms with Crippen molar-refractivity contribution in [3.63, 3.8) is 0 Å². The van der Waals surface area contributed by atoms with Gasteiger partial charge in [-0.25, -0.2) is 0 Å². The molecule has 118 valence electrons. The molecule has 1 aromatic carbocycles. The van der Waals surface area contributed by atoms with E-state index in [1.807, 2.05) is 38.1 Å². The van der Waals surface area contributed by atoms with Crippen molar-refractivity contribution in [3.05, 3.63) is 35.4 Å². The third-order valence-corrected chi connectivity index (χ3v) is 3.96. The van der Waals surface area contributed by atoms with Crippen LogP contribution in [-0.2, 0) is 11.3 Å². The number of benzene rings is 1. The first kappa shape index (κ1) is 17.7. The van der Waals surface area contributed by atoms with Crippen LogP contribution in [0.25, 0.3) is 0 Å². The SMILES string of the molecule is Cc1ccccc1CN(C)C(=O)C(C)N(C)CCC(C)O. The molecule has 0 fully saturated rings. The number of aliphatic hydroxyl groups is 1. The first-order chi connectivity index (χ1) is 9.82. The Morgan fingerprint density at radius 3 is 2.43 bits per heavy atom. The summed E-state index contributed by atoms with van der Waals surface area (Å²) in [5.41, 5.74) is 2.37. The fourth-order valence-corrected chi connectivity index (χ4v) is 2.21. The summed E-state index contributed by atoms with van der Waals surface area (Å²) in [6, 6.07) is 7.94. The molecule has 21 heavy (non-hydrogen) atoms. The first-order valence-corrected chi connectivity index (χ1v) is 7.50. The number of aryl methyl sites for hydroxylation is 1. The molecule has 0 aromatic heterocycles. The summed E-state index contributed by atoms with van der Waals surface area (Å²) in [4.78, 5) is 16.2. The van der Waals surface area contributed by atoms with Gasteiger partial charge in [-0.1, -0.05) is 24.3 Å². The van der Waals surface area contributed by atoms with Gasteiger partial charge in [-0.3, -0.25) is 9.69 Å². The maximum atomic E-state index is 12.5. The third-order valence-electron chi connectivity index (χ3n) is 3.96. The van der Waals surface area contributed by atoms with Crippen molar-refractivity contribution in [1.29, 1.82) is 0 Å². The van der Waals surface area contributed by atoms with E-state index in [2.05, 4.69) is 19.1 Å². The number of rotatable bonds is 7. The van der Waals surface area contributed by atoms with Crippen LogP contribution in [0.15, 0.2) is 24.3 Å². The molecule has 0 aliphatic heterocycles. The fourth-order valence-electron chi connectivity index (χ4n) is 2.21. The Labute approximate surface area is 128 Å². The van der Waals surface area contributed by atoms with Crippen LogP contribution in [-0.4, -0.2) is 53.6 Å². The van der Waals surface area contributed by atoms with E-state index in [1.165, 1.54) is 11.1 Å². The number of carbonyl (C=O) groups excluding carboxylic acids is 1. The number of hydrogen-bond acceptors (Lipinski definition) is 3. The topological polar surface area (TPSA) is 43.8 Å². The van der Waals surface area contributed by atoms with Crippen molar-refractivity contribution in [2.24, 2.45) is 0 Å². The quantitative estimate of drug-likeness (QED) is 0.836. The molecule has 0 heterocycles. The molecule has 0 saturated carbocycles. The molecular weight excluding hydrogens is 264 g/mol. The Bertz CT molecular complexity index is 460. The van der Waals surface area contributed by atoms with E-state index in [0.29, 0.717) is 19.5 Å². The van der Waals surface area contributed by atoms with Crippen LogP contribution >= 0.6 is 0 Å². The van der Waals surface area contributed by atoms with E-state index in [1.54, 1.807) is 11.8 Å². The van der Waals surface area contributed by atoms with Gasteiger partial charge in [0.25, 0.3) is 0 Å². The molecule has 0 spiro atoms. The number of aliphatic hydroxyl groups excluding tert-OH is 1. The van der Waals surface area contributed by atoms with Crippen molar-refractivity contribution >= 4 is 5.91 Å². The van der Waals surface area contributed by atoms with Crippen LogP contribution in [0, 0.1) is 6.92 Å². The van der Waals surface area contributed by atoms with Gasteiger partial charge in [0.05, 0.1) is 12.1 Å². The van der Waals surface area contributed by atoms with Crippen LogP contribution in [0.5, 0.6) is 0 Å². The molecule has 4 heteroatoms. The van der Waals surface area contributed by atoms with Crippen LogP contribution in [0.4, 0.5) is 0 Å². The van der Waals surface area contributed by atoms with Crippen molar-refractivity contribution in [3.8, 4) is 0 Å². The number of amides is 1. The summed E-state index contributed by atoms with van der Waals surface area (Å²) < 4.78 is 0. The predicted molar refractivity (Wildman–Crippen MR) is 86.0 cm³/mol. The Hall–Kier alpha value is -1.39. The normalized spacial score (nSPS) is 14.0. The number of hydrogen-bond donors (Lipinski definition) is 1. The van der Waals surface area contributed by atoms with Crippen molar-refractivity contribution < 1.29 is 9.90 Å². The molecule has 0 saturated heterocycles. The summed E-state index contributed by atoms with van der Waals surface area (Å²) in [5.74, 6) is 0.103. The number of likely N-dealkylation sites (N-methyl/N-ethyl adjacent to an activating group) is 2. The monoisotopic (exact) mass is 292 g/mol. The van der Waals surface area contributed by atoms with E-state index in [0.717, 1.165) is 0 Å². The highest BCUT2D eigenvalue weighted by Crippen LogP contribution is 2.11. The zero-order chi connectivity index (χ0) is 16.0. The molecule has 0 aliphatic carbocycles. The van der Waals surface area contributed by atoms with Gasteiger partial charge < -0.3 is 10.0 Å². The lowest BCUT2D eigenvalue weighted by Gasteiger charge is -2.28. The summed E-state index contributed by atoms with van der Waals surface area (Å²) in [6.45, 7) is 7.08. The van der Waals surface area contributed by atoms with Crippen molar-refractivity contribution in [2.75, 3.05) is 20.6 Å². The van der Waals surface area contributed by atoms with Gasteiger partial charge in [0.15, 0.2) is 0 Å². The fraction of sp³-hybridized carbons (Fsp3) is 0.588. The minimum atomic E-state index is -0.334. The highest BCUT2D eigenvalue weighted by Gasteiger charge is 2.21. The summed E-state index contributed by atoms with van der Waals surface area (Å²) >= 11 is 0. The largest absolute Gasteiger partial charge is 0.393 e. The molecule has 1 N–H and O–H groups in total. The standard InChI is InChI=1S/C17H28N2O2/c1-13-8-6-7-9-16(13)12-19(5)17(21)15(3)18(4)11-10-14(2)20/h6-9,14-15,20H,10-12H2,1-5H3. The number of nitrogens with zero attached hydrogens (tertiary/aromatic N) is 2. The van der Waals surface area contributed by atoms with E-state index in [9.17, 15) is 9.90 Å². The highest BCUT2D eigenvalue weighted by atomic mass is 16.3. The van der Waals surface area contributed by atoms with Gasteiger partial charge in [-0.2, -0.15) is 0 Å². The zero-order valence-corrected chi connectivity index (χ0v) is 13.8. The van der Waals surface area contributed by atoms with Gasteiger partial charge >= 0.3 is 0 Å². The first-order valence-electron chi connectivity index (χ1n) is 7.50. The molecule has 2 atom stereocenters. The molecule has 1 aromatic rings. The summed E-state index contributed by atoms with van der Waals surface area (Å²) in [6.07, 6.45) is 0.342. The molecule has 0 radical (unpaired) electrons. The Kier molecular flexibility index (Phi) is 6.85. The van der Waals surface area contributed by atoms with Crippen LogP contribution in [0.2, 0.25) is 0 Å². The lowest BCUT2D eigenvalue weighted by Crippen LogP contribution is -2.44. The summed E-state index contributed by atoms with van der Waals surface area (Å²) in [7, 11) is 3.76. The molecular formula is C17H28N2O2. The third kappa shape index (κ3) is 5.48. The Balaban J connectivity index is 2.59. The smallest absolute Gasteiger partial charge is 0.239 e. The van der Waals surface area contributed by atoms with Crippen LogP contribution < -0.4 is 0 Å². The van der Waals surface area contributed by atoms with E-state index >= 15 is 0 Å². The molecule has 0 bridgehead atoms. The second kappa shape index (κ2) is 8.15. The van der Waals surface area contributed by atoms with E-state index < -0.39 is 0 Å². The Morgan fingerprint density at radius 1 is 1.24 bits per heavy atom. The maximum absolute atomic E-state index is 12.5. The lowest BCUT2D eigenvalue weighted by atomic mass is 10.1. The Morgan fingerprint density at radius 2 is 1.86 bits per heavy atom. The van der Waals surface area contributed by atoms with Crippen molar-refractivity contribution in [2.45, 2.75) is 45.9 Å². The second-order valence-corrected chi connectivity index (χ2v) is 5.92. The van der Waals surface area contributed by atoms with Crippen LogP contribution in [0.1, 0.15) is 31.4 Å². The minimum Gasteiger partial charge on any atom is -0.393 e. The van der Waals surface area contributed by atoms with Gasteiger partial charge in [0.1, 0.15) is 0 Å². The number of carbonyl (C=O) groups is 1. The maximum Gasteiger partial charge on any atom is 0.239 e. The van der Waals surface area contributed by atoms with E-state index in [4.69, 9.17) is 0 Å². The van der Waals surface area contributed by atoms with E-state index in [-0.39, 0.29) is 18.1 Å². The average Bonchev–Trinajstić information content (AvgIpc) is 2.45. The van der Waals surface area contributed by atoms with Gasteiger partial charge in [0.2, 0.25) is 5.91 Å². The summed E-state index contributed by atoms with van der Waals surface area (Å²) in [5, 5.41) is 9.33. The average molecular weight is 292 g/mol. The van der Waals surface area contributed by atoms with Gasteiger partial charge in [-0.05, 0) is 45.4 Å². The zero-order valence-electron chi connectivity index (χ0n) is 13.8. The minimum absolute atomic E-state index is 0.103. The lowest BCUT2D eigenvalue weighted by molar-refractivity contribution is -0.135. The predicted octanol–water partition coefficient (Wildman–Crippen LogP) is 2.04. The molecule has 1 amide bonds. The molecule has 4 nitrogen and oxygen atoms in total. The highest BCUT2D eigenvalue weighted by molar-refractivity contribution is 5.81. The molecule has 2 unspecified atom stereocenters. The van der Waals surface area contributed by atoms with Crippen LogP contribution in [0.3, 0.4) is 0 Å². The van der Waals surface area contributed by atoms with Gasteiger partial charge in [0, 0.05) is 20.1 Å². The van der Waals surface area contributed by atoms with Gasteiger partial charge in [-0.15, -0.1) is 0 Å². The van der Waals surface area contributed by atoms with Crippen molar-refractivity contribution in [1.82, 2.24) is 9.80 Å². The second-order valence-electron chi connectivity index (χ2n) is 5.92.